The number of aryl methyl sites for hydroxylation is 1. The molecule has 1 N–H and O–H groups in total. The topological polar surface area (TPSA) is 54.4 Å². The maximum atomic E-state index is 12.3. The van der Waals surface area contributed by atoms with Gasteiger partial charge >= 0.3 is 0 Å². The predicted octanol–water partition coefficient (Wildman–Crippen LogP) is 5.54. The number of hydrogen-bond acceptors (Lipinski definition) is 6. The number of hydrogen-bond donors (Lipinski definition) is 1. The lowest BCUT2D eigenvalue weighted by Gasteiger charge is -2.15. The van der Waals surface area contributed by atoms with Crippen LogP contribution in [0.15, 0.2) is 42.5 Å². The van der Waals surface area contributed by atoms with E-state index in [4.69, 9.17) is 0 Å². The molecule has 1 fully saturated rings. The summed E-state index contributed by atoms with van der Waals surface area (Å²) in [6.45, 7) is 1.62. The number of benzene rings is 1. The minimum absolute atomic E-state index is 0.0221. The molecule has 30 heavy (non-hydrogen) atoms. The van der Waals surface area contributed by atoms with Crippen molar-refractivity contribution in [3.05, 3.63) is 47.4 Å². The van der Waals surface area contributed by atoms with Crippen LogP contribution in [0.1, 0.15) is 37.5 Å². The molecule has 0 amide bonds. The SMILES string of the molecule is CC(=O)CSCCCS[C@H]1C(=O)CC[C@@H]1C=CC(O)CCc1cc2ccccc2s1. The molecule has 0 radical (unpaired) electrons. The Kier molecular flexibility index (Phi) is 9.50. The van der Waals surface area contributed by atoms with Crippen molar-refractivity contribution in [2.75, 3.05) is 17.3 Å². The molecule has 0 saturated heterocycles. The fraction of sp³-hybridized carbons (Fsp3) is 0.500. The van der Waals surface area contributed by atoms with E-state index >= 15 is 0 Å². The molecule has 1 aromatic heterocycles. The highest BCUT2D eigenvalue weighted by atomic mass is 32.2. The van der Waals surface area contributed by atoms with Crippen LogP contribution < -0.4 is 0 Å². The standard InChI is InChI=1S/C24H30O3S3/c1-17(25)16-28-13-4-14-29-24-18(8-12-22(24)27)7-9-20(26)10-11-21-15-19-5-2-3-6-23(19)30-21/h2-3,5-7,9,15,18,20,24,26H,4,8,10-14,16H2,1H3/t18-,20?,24+/m0/s1. The quantitative estimate of drug-likeness (QED) is 0.331. The summed E-state index contributed by atoms with van der Waals surface area (Å²) >= 11 is 5.21. The van der Waals surface area contributed by atoms with E-state index in [1.807, 2.05) is 6.08 Å². The van der Waals surface area contributed by atoms with Gasteiger partial charge in [0.05, 0.1) is 17.1 Å². The van der Waals surface area contributed by atoms with Crippen molar-refractivity contribution in [3.63, 3.8) is 0 Å². The van der Waals surface area contributed by atoms with Gasteiger partial charge in [-0.3, -0.25) is 9.59 Å². The average Bonchev–Trinajstić information content (AvgIpc) is 3.30. The Morgan fingerprint density at radius 3 is 2.97 bits per heavy atom. The molecule has 1 aliphatic carbocycles. The number of thiophene rings is 1. The minimum atomic E-state index is -0.473. The number of carbonyl (C=O) groups is 2. The van der Waals surface area contributed by atoms with E-state index in [9.17, 15) is 14.7 Å². The first-order valence-electron chi connectivity index (χ1n) is 10.6. The van der Waals surface area contributed by atoms with Gasteiger partial charge in [0.25, 0.3) is 0 Å². The zero-order valence-electron chi connectivity index (χ0n) is 17.4. The van der Waals surface area contributed by atoms with Crippen LogP contribution in [-0.4, -0.2) is 45.3 Å². The number of allylic oxidation sites excluding steroid dienone is 1. The van der Waals surface area contributed by atoms with Crippen molar-refractivity contribution in [2.45, 2.75) is 50.4 Å². The van der Waals surface area contributed by atoms with Gasteiger partial charge in [0, 0.05) is 16.0 Å². The fourth-order valence-corrected chi connectivity index (χ4v) is 7.04. The van der Waals surface area contributed by atoms with Crippen LogP contribution >= 0.6 is 34.9 Å². The first-order valence-corrected chi connectivity index (χ1v) is 13.6. The van der Waals surface area contributed by atoms with Crippen molar-refractivity contribution in [2.24, 2.45) is 5.92 Å². The maximum Gasteiger partial charge on any atom is 0.146 e. The van der Waals surface area contributed by atoms with Crippen molar-refractivity contribution in [1.29, 1.82) is 0 Å². The number of aliphatic hydroxyl groups is 1. The smallest absolute Gasteiger partial charge is 0.146 e. The first-order chi connectivity index (χ1) is 14.5. The van der Waals surface area contributed by atoms with E-state index in [2.05, 4.69) is 36.4 Å². The highest BCUT2D eigenvalue weighted by Gasteiger charge is 2.33. The zero-order valence-corrected chi connectivity index (χ0v) is 19.9. The molecular formula is C24H30O3S3. The number of Topliss-reactive ketones (excluding diaryl/α,β-unsaturated/α-hetero) is 2. The Morgan fingerprint density at radius 1 is 1.33 bits per heavy atom. The third-order valence-electron chi connectivity index (χ3n) is 5.21. The highest BCUT2D eigenvalue weighted by molar-refractivity contribution is 8.01. The summed E-state index contributed by atoms with van der Waals surface area (Å²) in [7, 11) is 0. The second-order valence-corrected chi connectivity index (χ2v) is 11.3. The van der Waals surface area contributed by atoms with Gasteiger partial charge in [-0.1, -0.05) is 30.4 Å². The van der Waals surface area contributed by atoms with Crippen LogP contribution in [-0.2, 0) is 16.0 Å². The predicted molar refractivity (Wildman–Crippen MR) is 132 cm³/mol. The van der Waals surface area contributed by atoms with Crippen LogP contribution in [0.4, 0.5) is 0 Å². The molecule has 162 valence electrons. The van der Waals surface area contributed by atoms with Crippen LogP contribution in [0.3, 0.4) is 0 Å². The van der Waals surface area contributed by atoms with Crippen molar-refractivity contribution < 1.29 is 14.7 Å². The normalized spacial score (nSPS) is 20.4. The summed E-state index contributed by atoms with van der Waals surface area (Å²) < 4.78 is 1.29. The number of carbonyl (C=O) groups excluding carboxylic acids is 2. The molecule has 1 heterocycles. The van der Waals surface area contributed by atoms with E-state index in [0.29, 0.717) is 24.4 Å². The average molecular weight is 463 g/mol. The number of fused-ring (bicyclic) bond motifs is 1. The van der Waals surface area contributed by atoms with Crippen LogP contribution in [0.5, 0.6) is 0 Å². The lowest BCUT2D eigenvalue weighted by atomic mass is 10.0. The number of aliphatic hydroxyl groups excluding tert-OH is 1. The molecule has 0 spiro atoms. The molecule has 1 unspecified atom stereocenters. The zero-order chi connectivity index (χ0) is 21.3. The number of rotatable bonds is 12. The summed E-state index contributed by atoms with van der Waals surface area (Å²) in [5, 5.41) is 11.7. The van der Waals surface area contributed by atoms with Crippen LogP contribution in [0.25, 0.3) is 10.1 Å². The summed E-state index contributed by atoms with van der Waals surface area (Å²) in [5.41, 5.74) is 0. The molecule has 3 atom stereocenters. The second kappa shape index (κ2) is 12.1. The van der Waals surface area contributed by atoms with Crippen molar-refractivity contribution in [3.8, 4) is 0 Å². The molecule has 3 nitrogen and oxygen atoms in total. The Labute approximate surface area is 191 Å². The van der Waals surface area contributed by atoms with Gasteiger partial charge in [-0.05, 0) is 67.5 Å². The van der Waals surface area contributed by atoms with E-state index in [0.717, 1.165) is 30.8 Å². The van der Waals surface area contributed by atoms with Crippen molar-refractivity contribution in [1.82, 2.24) is 0 Å². The van der Waals surface area contributed by atoms with Crippen LogP contribution in [0, 0.1) is 5.92 Å². The maximum absolute atomic E-state index is 12.3. The minimum Gasteiger partial charge on any atom is -0.389 e. The van der Waals surface area contributed by atoms with Gasteiger partial charge in [-0.2, -0.15) is 11.8 Å². The first kappa shape index (κ1) is 23.6. The summed E-state index contributed by atoms with van der Waals surface area (Å²) in [4.78, 5) is 24.5. The van der Waals surface area contributed by atoms with Crippen molar-refractivity contribution >= 4 is 56.5 Å². The summed E-state index contributed by atoms with van der Waals surface area (Å²) in [6.07, 6.45) is 7.61. The monoisotopic (exact) mass is 462 g/mol. The van der Waals surface area contributed by atoms with E-state index in [-0.39, 0.29) is 17.0 Å². The second-order valence-electron chi connectivity index (χ2n) is 7.81. The molecule has 1 aromatic carbocycles. The van der Waals surface area contributed by atoms with Gasteiger partial charge in [0.2, 0.25) is 0 Å². The molecular weight excluding hydrogens is 432 g/mol. The Bertz CT molecular complexity index is 840. The van der Waals surface area contributed by atoms with Gasteiger partial charge in [0.15, 0.2) is 0 Å². The highest BCUT2D eigenvalue weighted by Crippen LogP contribution is 2.34. The van der Waals surface area contributed by atoms with E-state index < -0.39 is 6.10 Å². The van der Waals surface area contributed by atoms with Gasteiger partial charge in [-0.25, -0.2) is 0 Å². The summed E-state index contributed by atoms with van der Waals surface area (Å²) in [6, 6.07) is 10.6. The number of thioether (sulfide) groups is 2. The molecule has 0 aliphatic heterocycles. The fourth-order valence-electron chi connectivity index (χ4n) is 3.66. The van der Waals surface area contributed by atoms with E-state index in [1.54, 1.807) is 41.8 Å². The lowest BCUT2D eigenvalue weighted by molar-refractivity contribution is -0.117. The Balaban J connectivity index is 1.41. The molecule has 1 saturated carbocycles. The molecule has 1 aliphatic rings. The van der Waals surface area contributed by atoms with Gasteiger partial charge < -0.3 is 5.11 Å². The Morgan fingerprint density at radius 2 is 2.17 bits per heavy atom. The third-order valence-corrected chi connectivity index (χ3v) is 9.07. The molecule has 2 aromatic rings. The van der Waals surface area contributed by atoms with E-state index in [1.165, 1.54) is 15.0 Å². The largest absolute Gasteiger partial charge is 0.389 e. The van der Waals surface area contributed by atoms with Crippen LogP contribution in [0.2, 0.25) is 0 Å². The summed E-state index contributed by atoms with van der Waals surface area (Å²) in [5.74, 6) is 3.27. The lowest BCUT2D eigenvalue weighted by Crippen LogP contribution is -2.17. The molecule has 0 bridgehead atoms. The molecule has 6 heteroatoms. The van der Waals surface area contributed by atoms with Gasteiger partial charge in [0.1, 0.15) is 11.6 Å². The van der Waals surface area contributed by atoms with Gasteiger partial charge in [-0.15, -0.1) is 23.1 Å². The number of ketones is 2. The molecule has 3 rings (SSSR count). The third kappa shape index (κ3) is 7.26. The Hall–Kier alpha value is -1.08.